The molecule has 10 aromatic carbocycles. The Morgan fingerprint density at radius 2 is 0.550 bits per heavy atom. The van der Waals surface area contributed by atoms with Crippen LogP contribution in [0.3, 0.4) is 0 Å². The lowest BCUT2D eigenvalue weighted by Crippen LogP contribution is -2.24. The average Bonchev–Trinajstić information content (AvgIpc) is 3.32. The number of nitrogens with zero attached hydrogens (tertiary/aromatic N) is 4. The van der Waals surface area contributed by atoms with Crippen molar-refractivity contribution in [1.82, 2.24) is 0 Å². The summed E-state index contributed by atoms with van der Waals surface area (Å²) in [6, 6.07) is 83.6. The molecule has 2 aliphatic rings. The monoisotopic (exact) mass is 766 g/mol. The molecular weight excluding hydrogens is 729 g/mol. The first kappa shape index (κ1) is 34.0. The molecular formula is C56H38N4. The van der Waals surface area contributed by atoms with Crippen LogP contribution < -0.4 is 19.6 Å². The summed E-state index contributed by atoms with van der Waals surface area (Å²) in [5.41, 5.74) is 15.8. The summed E-state index contributed by atoms with van der Waals surface area (Å²) in [4.78, 5) is 9.70. The molecule has 0 saturated carbocycles. The van der Waals surface area contributed by atoms with E-state index in [1.54, 1.807) is 0 Å². The molecule has 0 fully saturated rings. The Morgan fingerprint density at radius 3 is 1.05 bits per heavy atom. The first-order chi connectivity index (χ1) is 29.8. The number of benzene rings is 10. The fourth-order valence-electron chi connectivity index (χ4n) is 9.39. The van der Waals surface area contributed by atoms with Crippen molar-refractivity contribution in [3.8, 4) is 11.1 Å². The minimum atomic E-state index is 1.11. The molecule has 0 unspecified atom stereocenters. The molecule has 4 nitrogen and oxygen atoms in total. The molecule has 10 aromatic rings. The Bertz CT molecular complexity index is 3240. The zero-order chi connectivity index (χ0) is 39.6. The number of fused-ring (bicyclic) bond motifs is 7. The predicted octanol–water partition coefficient (Wildman–Crippen LogP) is 16.2. The highest BCUT2D eigenvalue weighted by Crippen LogP contribution is 2.58. The summed E-state index contributed by atoms with van der Waals surface area (Å²) in [7, 11) is 0. The van der Waals surface area contributed by atoms with Gasteiger partial charge in [-0.25, -0.2) is 0 Å². The molecule has 0 amide bonds. The molecule has 282 valence electrons. The summed E-state index contributed by atoms with van der Waals surface area (Å²) < 4.78 is 0. The van der Waals surface area contributed by atoms with Crippen molar-refractivity contribution in [3.05, 3.63) is 231 Å². The summed E-state index contributed by atoms with van der Waals surface area (Å²) >= 11 is 0. The van der Waals surface area contributed by atoms with Crippen LogP contribution in [0.2, 0.25) is 0 Å². The quantitative estimate of drug-likeness (QED) is 0.162. The van der Waals surface area contributed by atoms with Crippen molar-refractivity contribution < 1.29 is 0 Å². The van der Waals surface area contributed by atoms with Crippen LogP contribution in [0.1, 0.15) is 0 Å². The van der Waals surface area contributed by atoms with Crippen LogP contribution in [0.5, 0.6) is 0 Å². The lowest BCUT2D eigenvalue weighted by Gasteiger charge is -2.41. The molecule has 0 radical (unpaired) electrons. The van der Waals surface area contributed by atoms with E-state index < -0.39 is 0 Å². The van der Waals surface area contributed by atoms with Crippen LogP contribution in [0.25, 0.3) is 32.7 Å². The normalized spacial score (nSPS) is 12.9. The van der Waals surface area contributed by atoms with E-state index in [1.165, 1.54) is 21.5 Å². The molecule has 0 saturated heterocycles. The van der Waals surface area contributed by atoms with Gasteiger partial charge in [-0.2, -0.15) is 0 Å². The van der Waals surface area contributed by atoms with Gasteiger partial charge in [0.25, 0.3) is 0 Å². The van der Waals surface area contributed by atoms with E-state index in [0.29, 0.717) is 0 Å². The Hall–Kier alpha value is -8.08. The second kappa shape index (κ2) is 13.8. The maximum atomic E-state index is 2.47. The summed E-state index contributed by atoms with van der Waals surface area (Å²) in [6.45, 7) is 0. The lowest BCUT2D eigenvalue weighted by molar-refractivity contribution is 1.17. The topological polar surface area (TPSA) is 13.0 Å². The SMILES string of the molecule is c1ccc(N2c3ccccc3N(c3ccccc3)c3cc(-c4ccc5c(c4)N(c4ccccc4)c4ccccc4N5c4cc5ccccc5c5ccccc45)ccc32)cc1. The molecule has 60 heavy (non-hydrogen) atoms. The molecule has 4 heteroatoms. The standard InChI is InChI=1S/C56H38N4/c1-4-19-42(20-5-1)57-48-28-14-15-29-49(48)58(43-21-6-2-7-22-43)55-36-39(32-34-52(55)57)40-33-35-53-56(37-40)59(44-23-8-3-9-24-44)50-30-16-17-31-51(50)60(53)54-38-41-18-10-11-25-45(41)46-26-12-13-27-47(46)54/h1-38H. The van der Waals surface area contributed by atoms with Gasteiger partial charge in [0.15, 0.2) is 0 Å². The van der Waals surface area contributed by atoms with Crippen LogP contribution in [0, 0.1) is 0 Å². The van der Waals surface area contributed by atoms with E-state index in [2.05, 4.69) is 250 Å². The van der Waals surface area contributed by atoms with Crippen molar-refractivity contribution >= 4 is 89.8 Å². The van der Waals surface area contributed by atoms with E-state index in [-0.39, 0.29) is 0 Å². The van der Waals surface area contributed by atoms with Crippen LogP contribution in [-0.4, -0.2) is 0 Å². The van der Waals surface area contributed by atoms with Gasteiger partial charge < -0.3 is 19.6 Å². The zero-order valence-corrected chi connectivity index (χ0v) is 32.7. The van der Waals surface area contributed by atoms with Gasteiger partial charge in [-0.1, -0.05) is 140 Å². The molecule has 2 heterocycles. The van der Waals surface area contributed by atoms with E-state index >= 15 is 0 Å². The van der Waals surface area contributed by atoms with E-state index in [1.807, 2.05) is 0 Å². The summed E-state index contributed by atoms with van der Waals surface area (Å²) in [5.74, 6) is 0. The second-order valence-corrected chi connectivity index (χ2v) is 15.4. The molecule has 12 rings (SSSR count). The molecule has 0 N–H and O–H groups in total. The number of hydrogen-bond donors (Lipinski definition) is 0. The third-order valence-electron chi connectivity index (χ3n) is 12.0. The number of para-hydroxylation sites is 7. The van der Waals surface area contributed by atoms with Crippen molar-refractivity contribution in [3.63, 3.8) is 0 Å². The van der Waals surface area contributed by atoms with Crippen molar-refractivity contribution in [2.75, 3.05) is 19.6 Å². The summed E-state index contributed by atoms with van der Waals surface area (Å²) in [6.07, 6.45) is 0. The first-order valence-corrected chi connectivity index (χ1v) is 20.5. The maximum Gasteiger partial charge on any atom is 0.0709 e. The molecule has 0 spiro atoms. The highest BCUT2D eigenvalue weighted by molar-refractivity contribution is 6.16. The third-order valence-corrected chi connectivity index (χ3v) is 12.0. The Kier molecular flexibility index (Phi) is 7.82. The Balaban J connectivity index is 1.09. The fraction of sp³-hybridized carbons (Fsp3) is 0. The van der Waals surface area contributed by atoms with Crippen LogP contribution >= 0.6 is 0 Å². The van der Waals surface area contributed by atoms with Gasteiger partial charge in [0.2, 0.25) is 0 Å². The second-order valence-electron chi connectivity index (χ2n) is 15.4. The minimum absolute atomic E-state index is 1.11. The predicted molar refractivity (Wildman–Crippen MR) is 253 cm³/mol. The van der Waals surface area contributed by atoms with Gasteiger partial charge in [-0.05, 0) is 118 Å². The van der Waals surface area contributed by atoms with Crippen LogP contribution in [0.15, 0.2) is 231 Å². The van der Waals surface area contributed by atoms with Gasteiger partial charge in [0, 0.05) is 22.4 Å². The van der Waals surface area contributed by atoms with Crippen molar-refractivity contribution in [2.45, 2.75) is 0 Å². The van der Waals surface area contributed by atoms with E-state index in [9.17, 15) is 0 Å². The molecule has 0 atom stereocenters. The molecule has 2 aliphatic heterocycles. The van der Waals surface area contributed by atoms with Crippen molar-refractivity contribution in [2.24, 2.45) is 0 Å². The van der Waals surface area contributed by atoms with Gasteiger partial charge in [-0.3, -0.25) is 0 Å². The smallest absolute Gasteiger partial charge is 0.0709 e. The van der Waals surface area contributed by atoms with Gasteiger partial charge in [0.1, 0.15) is 0 Å². The van der Waals surface area contributed by atoms with Gasteiger partial charge in [0.05, 0.1) is 51.2 Å². The average molecular weight is 767 g/mol. The van der Waals surface area contributed by atoms with Gasteiger partial charge in [-0.15, -0.1) is 0 Å². The van der Waals surface area contributed by atoms with Crippen LogP contribution in [0.4, 0.5) is 68.2 Å². The fourth-order valence-corrected chi connectivity index (χ4v) is 9.39. The van der Waals surface area contributed by atoms with E-state index in [0.717, 1.165) is 79.4 Å². The summed E-state index contributed by atoms with van der Waals surface area (Å²) in [5, 5.41) is 4.94. The third kappa shape index (κ3) is 5.32. The van der Waals surface area contributed by atoms with Crippen molar-refractivity contribution in [1.29, 1.82) is 0 Å². The highest BCUT2D eigenvalue weighted by atomic mass is 15.3. The number of anilines is 12. The van der Waals surface area contributed by atoms with Crippen LogP contribution in [-0.2, 0) is 0 Å². The minimum Gasteiger partial charge on any atom is -0.306 e. The molecule has 0 aromatic heterocycles. The van der Waals surface area contributed by atoms with Gasteiger partial charge >= 0.3 is 0 Å². The zero-order valence-electron chi connectivity index (χ0n) is 32.7. The number of rotatable bonds is 5. The van der Waals surface area contributed by atoms with E-state index in [4.69, 9.17) is 0 Å². The molecule has 0 bridgehead atoms. The molecule has 0 aliphatic carbocycles. The lowest BCUT2D eigenvalue weighted by atomic mass is 9.95. The Labute approximate surface area is 349 Å². The number of hydrogen-bond acceptors (Lipinski definition) is 4. The first-order valence-electron chi connectivity index (χ1n) is 20.5. The largest absolute Gasteiger partial charge is 0.306 e. The Morgan fingerprint density at radius 1 is 0.200 bits per heavy atom. The maximum absolute atomic E-state index is 2.47. The highest BCUT2D eigenvalue weighted by Gasteiger charge is 2.33.